The van der Waals surface area contributed by atoms with Crippen molar-refractivity contribution in [3.05, 3.63) is 77.2 Å². The standard InChI is InChI=1S/C25H26FNO2S/c1-17-2-4-18(5-3-17)16-30(28,29)24-15-25(24)11-8-19(9-12-25)21-10-13-27-23-7-6-20(26)14-22(21)23/h2-7,10,13-14,19,24H,8-9,11-12,15-16H2,1H3. The number of nitrogens with zero attached hydrogens (tertiary/aromatic N) is 1. The van der Waals surface area contributed by atoms with Crippen LogP contribution in [0.1, 0.15) is 54.7 Å². The molecule has 2 saturated carbocycles. The number of aryl methyl sites for hydroxylation is 1. The summed E-state index contributed by atoms with van der Waals surface area (Å²) in [7, 11) is -3.14. The summed E-state index contributed by atoms with van der Waals surface area (Å²) in [4.78, 5) is 4.36. The van der Waals surface area contributed by atoms with Crippen LogP contribution >= 0.6 is 0 Å². The molecule has 0 amide bonds. The highest BCUT2D eigenvalue weighted by atomic mass is 32.2. The SMILES string of the molecule is Cc1ccc(CS(=O)(=O)C2CC23CCC(c2ccnc4ccc(F)cc24)CC3)cc1. The summed E-state index contributed by atoms with van der Waals surface area (Å²) in [5.41, 5.74) is 3.93. The molecule has 1 atom stereocenters. The van der Waals surface area contributed by atoms with E-state index in [4.69, 9.17) is 0 Å². The number of hydrogen-bond donors (Lipinski definition) is 0. The lowest BCUT2D eigenvalue weighted by atomic mass is 9.76. The average molecular weight is 424 g/mol. The van der Waals surface area contributed by atoms with Gasteiger partial charge >= 0.3 is 0 Å². The normalized spacial score (nSPS) is 26.2. The fraction of sp³-hybridized carbons (Fsp3) is 0.400. The molecule has 0 radical (unpaired) electrons. The van der Waals surface area contributed by atoms with Gasteiger partial charge in [0, 0.05) is 11.6 Å². The maximum Gasteiger partial charge on any atom is 0.157 e. The lowest BCUT2D eigenvalue weighted by molar-refractivity contribution is 0.307. The van der Waals surface area contributed by atoms with Crippen molar-refractivity contribution in [3.8, 4) is 0 Å². The fourth-order valence-electron chi connectivity index (χ4n) is 5.36. The quantitative estimate of drug-likeness (QED) is 0.540. The Kier molecular flexibility index (Phi) is 4.69. The predicted octanol–water partition coefficient (Wildman–Crippen LogP) is 5.71. The summed E-state index contributed by atoms with van der Waals surface area (Å²) < 4.78 is 39.9. The Bertz CT molecular complexity index is 1200. The van der Waals surface area contributed by atoms with Crippen molar-refractivity contribution in [3.63, 3.8) is 0 Å². The Morgan fingerprint density at radius 1 is 1.07 bits per heavy atom. The van der Waals surface area contributed by atoms with Gasteiger partial charge in [-0.3, -0.25) is 4.98 Å². The molecule has 1 aromatic heterocycles. The van der Waals surface area contributed by atoms with Gasteiger partial charge in [-0.2, -0.15) is 0 Å². The second-order valence-electron chi connectivity index (χ2n) is 9.18. The molecule has 3 nitrogen and oxygen atoms in total. The van der Waals surface area contributed by atoms with Crippen LogP contribution < -0.4 is 0 Å². The van der Waals surface area contributed by atoms with Crippen LogP contribution in [-0.2, 0) is 15.6 Å². The minimum atomic E-state index is -3.14. The van der Waals surface area contributed by atoms with Crippen LogP contribution in [0.5, 0.6) is 0 Å². The van der Waals surface area contributed by atoms with Crippen LogP contribution in [0.25, 0.3) is 10.9 Å². The van der Waals surface area contributed by atoms with Crippen LogP contribution in [0, 0.1) is 18.2 Å². The lowest BCUT2D eigenvalue weighted by Gasteiger charge is -2.30. The number of aromatic nitrogens is 1. The number of halogens is 1. The highest BCUT2D eigenvalue weighted by Crippen LogP contribution is 2.62. The van der Waals surface area contributed by atoms with Crippen molar-refractivity contribution in [1.29, 1.82) is 0 Å². The van der Waals surface area contributed by atoms with Gasteiger partial charge in [-0.05, 0) is 85.8 Å². The fourth-order valence-corrected chi connectivity index (χ4v) is 7.80. The van der Waals surface area contributed by atoms with E-state index in [-0.39, 0.29) is 22.2 Å². The van der Waals surface area contributed by atoms with Gasteiger partial charge in [-0.15, -0.1) is 0 Å². The number of hydrogen-bond acceptors (Lipinski definition) is 3. The Balaban J connectivity index is 1.30. The highest BCUT2D eigenvalue weighted by Gasteiger charge is 2.60. The van der Waals surface area contributed by atoms with E-state index in [1.165, 1.54) is 6.07 Å². The molecule has 2 fully saturated rings. The van der Waals surface area contributed by atoms with E-state index >= 15 is 0 Å². The third kappa shape index (κ3) is 3.53. The van der Waals surface area contributed by atoms with Crippen LogP contribution in [0.3, 0.4) is 0 Å². The molecule has 1 unspecified atom stereocenters. The summed E-state index contributed by atoms with van der Waals surface area (Å²) in [6.07, 6.45) is 6.34. The van der Waals surface area contributed by atoms with Gasteiger partial charge in [0.15, 0.2) is 9.84 Å². The van der Waals surface area contributed by atoms with Crippen molar-refractivity contribution in [2.45, 2.75) is 55.9 Å². The molecular formula is C25H26FNO2S. The summed E-state index contributed by atoms with van der Waals surface area (Å²) in [6, 6.07) is 14.5. The molecular weight excluding hydrogens is 397 g/mol. The molecule has 1 heterocycles. The predicted molar refractivity (Wildman–Crippen MR) is 118 cm³/mol. The van der Waals surface area contributed by atoms with Crippen LogP contribution in [0.4, 0.5) is 4.39 Å². The van der Waals surface area contributed by atoms with Crippen LogP contribution in [-0.4, -0.2) is 18.7 Å². The second kappa shape index (κ2) is 7.16. The van der Waals surface area contributed by atoms with E-state index in [1.807, 2.05) is 37.3 Å². The van der Waals surface area contributed by atoms with E-state index < -0.39 is 9.84 Å². The molecule has 5 rings (SSSR count). The highest BCUT2D eigenvalue weighted by molar-refractivity contribution is 7.91. The van der Waals surface area contributed by atoms with Crippen molar-refractivity contribution >= 4 is 20.7 Å². The minimum absolute atomic E-state index is 0.0475. The Labute approximate surface area is 177 Å². The van der Waals surface area contributed by atoms with E-state index in [0.29, 0.717) is 5.92 Å². The summed E-state index contributed by atoms with van der Waals surface area (Å²) in [6.45, 7) is 2.01. The molecule has 156 valence electrons. The molecule has 0 bridgehead atoms. The van der Waals surface area contributed by atoms with E-state index in [2.05, 4.69) is 4.98 Å². The van der Waals surface area contributed by atoms with Gasteiger partial charge in [0.2, 0.25) is 0 Å². The number of sulfone groups is 1. The van der Waals surface area contributed by atoms with Gasteiger partial charge in [0.1, 0.15) is 5.82 Å². The van der Waals surface area contributed by atoms with Gasteiger partial charge in [0.05, 0.1) is 16.5 Å². The average Bonchev–Trinajstić information content (AvgIpc) is 3.44. The minimum Gasteiger partial charge on any atom is -0.256 e. The lowest BCUT2D eigenvalue weighted by Crippen LogP contribution is -2.22. The summed E-state index contributed by atoms with van der Waals surface area (Å²) in [5.74, 6) is 0.231. The molecule has 2 aliphatic carbocycles. The molecule has 2 aliphatic rings. The third-order valence-corrected chi connectivity index (χ3v) is 9.46. The van der Waals surface area contributed by atoms with E-state index in [9.17, 15) is 12.8 Å². The second-order valence-corrected chi connectivity index (χ2v) is 11.4. The van der Waals surface area contributed by atoms with Crippen molar-refractivity contribution in [2.75, 3.05) is 0 Å². The maximum atomic E-state index is 13.8. The maximum absolute atomic E-state index is 13.8. The van der Waals surface area contributed by atoms with Crippen molar-refractivity contribution in [2.24, 2.45) is 5.41 Å². The smallest absolute Gasteiger partial charge is 0.157 e. The van der Waals surface area contributed by atoms with E-state index in [1.54, 1.807) is 18.3 Å². The van der Waals surface area contributed by atoms with Crippen LogP contribution in [0.15, 0.2) is 54.7 Å². The third-order valence-electron chi connectivity index (χ3n) is 7.20. The molecule has 1 spiro atoms. The van der Waals surface area contributed by atoms with Gasteiger partial charge in [-0.1, -0.05) is 29.8 Å². The largest absolute Gasteiger partial charge is 0.256 e. The van der Waals surface area contributed by atoms with Gasteiger partial charge in [-0.25, -0.2) is 12.8 Å². The number of rotatable bonds is 4. The van der Waals surface area contributed by atoms with E-state index in [0.717, 1.165) is 59.7 Å². The van der Waals surface area contributed by atoms with Crippen molar-refractivity contribution in [1.82, 2.24) is 4.98 Å². The first-order chi connectivity index (χ1) is 14.4. The molecule has 5 heteroatoms. The first kappa shape index (κ1) is 19.7. The molecule has 0 N–H and O–H groups in total. The molecule has 0 aliphatic heterocycles. The molecule has 30 heavy (non-hydrogen) atoms. The van der Waals surface area contributed by atoms with Gasteiger partial charge in [0.25, 0.3) is 0 Å². The molecule has 2 aromatic carbocycles. The van der Waals surface area contributed by atoms with Crippen LogP contribution in [0.2, 0.25) is 0 Å². The van der Waals surface area contributed by atoms with Crippen molar-refractivity contribution < 1.29 is 12.8 Å². The number of fused-ring (bicyclic) bond motifs is 1. The first-order valence-electron chi connectivity index (χ1n) is 10.7. The first-order valence-corrected chi connectivity index (χ1v) is 12.4. The molecule has 3 aromatic rings. The molecule has 0 saturated heterocycles. The number of benzene rings is 2. The zero-order chi connectivity index (χ0) is 20.9. The zero-order valence-corrected chi connectivity index (χ0v) is 18.0. The monoisotopic (exact) mass is 423 g/mol. The zero-order valence-electron chi connectivity index (χ0n) is 17.1. The van der Waals surface area contributed by atoms with Gasteiger partial charge < -0.3 is 0 Å². The Morgan fingerprint density at radius 2 is 1.80 bits per heavy atom. The topological polar surface area (TPSA) is 47.0 Å². The summed E-state index contributed by atoms with van der Waals surface area (Å²) >= 11 is 0. The Morgan fingerprint density at radius 3 is 2.53 bits per heavy atom. The summed E-state index contributed by atoms with van der Waals surface area (Å²) in [5, 5.41) is 0.677. The number of pyridine rings is 1. The Hall–Kier alpha value is -2.27.